The molecule has 1 unspecified atom stereocenters. The lowest BCUT2D eigenvalue weighted by molar-refractivity contribution is -0.167. The summed E-state index contributed by atoms with van der Waals surface area (Å²) in [5, 5.41) is 10.3. The van der Waals surface area contributed by atoms with E-state index >= 15 is 0 Å². The van der Waals surface area contributed by atoms with Gasteiger partial charge in [-0.15, -0.1) is 0 Å². The molecule has 1 aliphatic rings. The molecule has 1 aromatic rings. The minimum absolute atomic E-state index is 0.331. The summed E-state index contributed by atoms with van der Waals surface area (Å²) in [6.45, 7) is 3.10. The van der Waals surface area contributed by atoms with Crippen molar-refractivity contribution < 1.29 is 14.7 Å². The zero-order valence-corrected chi connectivity index (χ0v) is 13.4. The smallest absolute Gasteiger partial charge is 0.243 e. The van der Waals surface area contributed by atoms with Gasteiger partial charge in [0.15, 0.2) is 0 Å². The van der Waals surface area contributed by atoms with Gasteiger partial charge in [-0.05, 0) is 50.3 Å². The highest BCUT2D eigenvalue weighted by Crippen LogP contribution is 2.24. The van der Waals surface area contributed by atoms with E-state index in [4.69, 9.17) is 4.74 Å². The molecule has 1 aliphatic carbocycles. The first-order valence-electron chi connectivity index (χ1n) is 8.00. The maximum atomic E-state index is 11.1. The lowest BCUT2D eigenvalue weighted by atomic mass is 9.98. The van der Waals surface area contributed by atoms with Crippen LogP contribution in [0.25, 0.3) is 6.08 Å². The summed E-state index contributed by atoms with van der Waals surface area (Å²) in [7, 11) is 0. The molecule has 2 rings (SSSR count). The number of carbonyl (C=O) groups excluding carboxylic acids is 1. The van der Waals surface area contributed by atoms with Crippen LogP contribution in [0.3, 0.4) is 0 Å². The lowest BCUT2D eigenvalue weighted by Crippen LogP contribution is -2.32. The summed E-state index contributed by atoms with van der Waals surface area (Å²) in [6, 6.07) is 7.55. The molecule has 120 valence electrons. The Bertz CT molecular complexity index is 521. The van der Waals surface area contributed by atoms with Crippen molar-refractivity contribution in [3.05, 3.63) is 35.9 Å². The number of rotatable bonds is 5. The Balaban J connectivity index is 1.97. The topological polar surface area (TPSA) is 49.8 Å². The highest BCUT2D eigenvalue weighted by Gasteiger charge is 2.14. The minimum Gasteiger partial charge on any atom is -0.490 e. The van der Waals surface area contributed by atoms with Crippen LogP contribution in [0.5, 0.6) is 5.75 Å². The van der Waals surface area contributed by atoms with Gasteiger partial charge in [0, 0.05) is 6.92 Å². The summed E-state index contributed by atoms with van der Waals surface area (Å²) in [5.74, 6) is 0.514. The molecule has 1 atom stereocenters. The molecule has 1 N–H and O–H groups in total. The van der Waals surface area contributed by atoms with Crippen LogP contribution >= 0.6 is 0 Å². The Kier molecular flexibility index (Phi) is 6.01. The molecule has 0 aliphatic heterocycles. The van der Waals surface area contributed by atoms with Crippen LogP contribution in [0.15, 0.2) is 30.3 Å². The fourth-order valence-corrected chi connectivity index (χ4v) is 2.69. The van der Waals surface area contributed by atoms with Crippen molar-refractivity contribution in [3.63, 3.8) is 0 Å². The molecular formula is C18H25NO3. The Hall–Kier alpha value is -1.81. The fraction of sp³-hybridized carbons (Fsp3) is 0.500. The van der Waals surface area contributed by atoms with Crippen LogP contribution < -0.4 is 4.74 Å². The molecule has 1 aromatic carbocycles. The molecular weight excluding hydrogens is 278 g/mol. The van der Waals surface area contributed by atoms with E-state index in [9.17, 15) is 10.0 Å². The number of hydrogen-bond acceptors (Lipinski definition) is 3. The molecule has 0 saturated heterocycles. The number of carbonyl (C=O) groups is 1. The van der Waals surface area contributed by atoms with E-state index < -0.39 is 0 Å². The van der Waals surface area contributed by atoms with Gasteiger partial charge in [0.2, 0.25) is 5.91 Å². The third kappa shape index (κ3) is 4.88. The summed E-state index contributed by atoms with van der Waals surface area (Å²) in [5.41, 5.74) is 0.997. The Labute approximate surface area is 132 Å². The molecule has 0 heterocycles. The second-order valence-electron chi connectivity index (χ2n) is 5.91. The number of benzene rings is 1. The highest BCUT2D eigenvalue weighted by molar-refractivity contribution is 5.72. The molecule has 4 heteroatoms. The third-order valence-electron chi connectivity index (χ3n) is 3.99. The van der Waals surface area contributed by atoms with E-state index in [2.05, 4.69) is 0 Å². The quantitative estimate of drug-likeness (QED) is 0.660. The molecule has 4 nitrogen and oxygen atoms in total. The van der Waals surface area contributed by atoms with E-state index in [-0.39, 0.29) is 11.9 Å². The first-order chi connectivity index (χ1) is 10.6. The van der Waals surface area contributed by atoms with Gasteiger partial charge >= 0.3 is 0 Å². The van der Waals surface area contributed by atoms with Gasteiger partial charge in [-0.1, -0.05) is 30.7 Å². The third-order valence-corrected chi connectivity index (χ3v) is 3.99. The fourth-order valence-electron chi connectivity index (χ4n) is 2.69. The van der Waals surface area contributed by atoms with Crippen LogP contribution in [-0.4, -0.2) is 28.3 Å². The summed E-state index contributed by atoms with van der Waals surface area (Å²) in [4.78, 5) is 11.1. The maximum Gasteiger partial charge on any atom is 0.243 e. The van der Waals surface area contributed by atoms with Crippen LogP contribution in [-0.2, 0) is 4.79 Å². The van der Waals surface area contributed by atoms with Gasteiger partial charge in [0.25, 0.3) is 0 Å². The predicted octanol–water partition coefficient (Wildman–Crippen LogP) is 4.04. The Morgan fingerprint density at radius 2 is 2.09 bits per heavy atom. The van der Waals surface area contributed by atoms with Crippen molar-refractivity contribution in [3.8, 4) is 5.75 Å². The Morgan fingerprint density at radius 3 is 2.77 bits per heavy atom. The number of hydrogen-bond donors (Lipinski definition) is 1. The average molecular weight is 303 g/mol. The average Bonchev–Trinajstić information content (AvgIpc) is 2.53. The second kappa shape index (κ2) is 7.99. The molecule has 0 spiro atoms. The SMILES string of the molecule is CC(=O)N(O)C(C)/C=C/c1cccc(OC2CCCCC2)c1. The molecule has 0 aromatic heterocycles. The largest absolute Gasteiger partial charge is 0.490 e. The lowest BCUT2D eigenvalue weighted by Gasteiger charge is -2.23. The van der Waals surface area contributed by atoms with Gasteiger partial charge in [-0.3, -0.25) is 10.0 Å². The molecule has 1 fully saturated rings. The van der Waals surface area contributed by atoms with Crippen LogP contribution in [0.4, 0.5) is 0 Å². The first kappa shape index (κ1) is 16.6. The van der Waals surface area contributed by atoms with Crippen LogP contribution in [0.1, 0.15) is 51.5 Å². The van der Waals surface area contributed by atoms with Gasteiger partial charge in [0.1, 0.15) is 5.75 Å². The number of amides is 1. The number of nitrogens with zero attached hydrogens (tertiary/aromatic N) is 1. The molecule has 1 saturated carbocycles. The van der Waals surface area contributed by atoms with Crippen molar-refractivity contribution in [1.82, 2.24) is 5.06 Å². The van der Waals surface area contributed by atoms with Crippen LogP contribution in [0.2, 0.25) is 0 Å². The van der Waals surface area contributed by atoms with Crippen molar-refractivity contribution in [2.45, 2.75) is 58.1 Å². The highest BCUT2D eigenvalue weighted by atomic mass is 16.5. The zero-order valence-electron chi connectivity index (χ0n) is 13.4. The number of hydroxylamine groups is 2. The normalized spacial score (nSPS) is 17.4. The standard InChI is InChI=1S/C18H25NO3/c1-14(19(21)15(2)20)11-12-16-7-6-10-18(13-16)22-17-8-4-3-5-9-17/h6-7,10-14,17,21H,3-5,8-9H2,1-2H3/b12-11+. The molecule has 1 amide bonds. The van der Waals surface area contributed by atoms with Gasteiger partial charge in [-0.2, -0.15) is 0 Å². The Morgan fingerprint density at radius 1 is 1.36 bits per heavy atom. The minimum atomic E-state index is -0.369. The van der Waals surface area contributed by atoms with Crippen LogP contribution in [0, 0.1) is 0 Å². The van der Waals surface area contributed by atoms with E-state index in [1.54, 1.807) is 13.0 Å². The van der Waals surface area contributed by atoms with E-state index in [1.807, 2.05) is 30.3 Å². The summed E-state index contributed by atoms with van der Waals surface area (Å²) >= 11 is 0. The first-order valence-corrected chi connectivity index (χ1v) is 8.00. The van der Waals surface area contributed by atoms with E-state index in [0.29, 0.717) is 6.10 Å². The van der Waals surface area contributed by atoms with E-state index in [0.717, 1.165) is 29.2 Å². The van der Waals surface area contributed by atoms with Gasteiger partial charge in [-0.25, -0.2) is 5.06 Å². The zero-order chi connectivity index (χ0) is 15.9. The van der Waals surface area contributed by atoms with Crippen molar-refractivity contribution >= 4 is 12.0 Å². The van der Waals surface area contributed by atoms with E-state index in [1.165, 1.54) is 26.2 Å². The summed E-state index contributed by atoms with van der Waals surface area (Å²) in [6.07, 6.45) is 10.1. The molecule has 0 radical (unpaired) electrons. The monoisotopic (exact) mass is 303 g/mol. The van der Waals surface area contributed by atoms with Gasteiger partial charge in [0.05, 0.1) is 12.1 Å². The van der Waals surface area contributed by atoms with Crippen molar-refractivity contribution in [2.24, 2.45) is 0 Å². The maximum absolute atomic E-state index is 11.1. The van der Waals surface area contributed by atoms with Crippen molar-refractivity contribution in [2.75, 3.05) is 0 Å². The predicted molar refractivity (Wildman–Crippen MR) is 86.7 cm³/mol. The van der Waals surface area contributed by atoms with Gasteiger partial charge < -0.3 is 4.74 Å². The molecule has 22 heavy (non-hydrogen) atoms. The second-order valence-corrected chi connectivity index (χ2v) is 5.91. The van der Waals surface area contributed by atoms with Crippen molar-refractivity contribution in [1.29, 1.82) is 0 Å². The number of ether oxygens (including phenoxy) is 1. The molecule has 0 bridgehead atoms. The summed E-state index contributed by atoms with van der Waals surface area (Å²) < 4.78 is 6.04.